The van der Waals surface area contributed by atoms with Crippen molar-refractivity contribution in [2.45, 2.75) is 30.6 Å². The third-order valence-electron chi connectivity index (χ3n) is 4.39. The standard InChI is InChI=1S/C18H19N3O7.HI/c1-20-6-2-3-10(7-20)4-5-11-8-21(18(27)19-16(11)26)17-15(25)14(24)13(23)12(9-22)28-17;/h2-3,6-8,12-15,17,22-25H,9H2,1H3;1H/t12-,13-,14+,15-,17-;/m1./s1. The molecule has 5 N–H and O–H groups in total. The monoisotopic (exact) mass is 517 g/mol. The third-order valence-corrected chi connectivity index (χ3v) is 4.39. The molecule has 0 bridgehead atoms. The summed E-state index contributed by atoms with van der Waals surface area (Å²) < 4.78 is 7.99. The van der Waals surface area contributed by atoms with E-state index in [2.05, 4.69) is 16.8 Å². The van der Waals surface area contributed by atoms with E-state index in [1.54, 1.807) is 22.9 Å². The molecule has 0 aliphatic carbocycles. The van der Waals surface area contributed by atoms with Crippen LogP contribution < -0.4 is 39.8 Å². The van der Waals surface area contributed by atoms with E-state index in [9.17, 15) is 30.0 Å². The lowest BCUT2D eigenvalue weighted by Gasteiger charge is -2.40. The first-order valence-electron chi connectivity index (χ1n) is 8.45. The van der Waals surface area contributed by atoms with Gasteiger partial charge in [0.25, 0.3) is 5.56 Å². The van der Waals surface area contributed by atoms with E-state index in [4.69, 9.17) is 4.74 Å². The summed E-state index contributed by atoms with van der Waals surface area (Å²) in [5, 5.41) is 39.2. The van der Waals surface area contributed by atoms with Gasteiger partial charge in [0.15, 0.2) is 18.6 Å². The van der Waals surface area contributed by atoms with Crippen LogP contribution in [0.3, 0.4) is 0 Å². The summed E-state index contributed by atoms with van der Waals surface area (Å²) in [4.78, 5) is 26.3. The lowest BCUT2D eigenvalue weighted by molar-refractivity contribution is -0.671. The maximum absolute atomic E-state index is 12.2. The van der Waals surface area contributed by atoms with Gasteiger partial charge in [-0.25, -0.2) is 9.36 Å². The molecule has 2 aromatic heterocycles. The molecule has 0 radical (unpaired) electrons. The molecule has 0 saturated carbocycles. The van der Waals surface area contributed by atoms with Crippen LogP contribution in [0, 0.1) is 11.8 Å². The summed E-state index contributed by atoms with van der Waals surface area (Å²) in [6, 6.07) is 3.53. The molecule has 0 spiro atoms. The normalized spacial score (nSPS) is 26.2. The molecule has 0 aromatic carbocycles. The molecule has 0 amide bonds. The molecular weight excluding hydrogens is 497 g/mol. The van der Waals surface area contributed by atoms with Gasteiger partial charge in [0.1, 0.15) is 37.0 Å². The number of hydrogen-bond acceptors (Lipinski definition) is 7. The summed E-state index contributed by atoms with van der Waals surface area (Å²) in [5.41, 5.74) is -1.05. The van der Waals surface area contributed by atoms with E-state index < -0.39 is 48.5 Å². The van der Waals surface area contributed by atoms with Crippen LogP contribution >= 0.6 is 0 Å². The number of aliphatic hydroxyl groups is 4. The van der Waals surface area contributed by atoms with Gasteiger partial charge in [0.2, 0.25) is 0 Å². The zero-order valence-corrected chi connectivity index (χ0v) is 17.4. The van der Waals surface area contributed by atoms with E-state index >= 15 is 0 Å². The van der Waals surface area contributed by atoms with Crippen LogP contribution in [0.4, 0.5) is 0 Å². The maximum Gasteiger partial charge on any atom is 0.330 e. The smallest absolute Gasteiger partial charge is 0.330 e. The van der Waals surface area contributed by atoms with Crippen LogP contribution in [-0.4, -0.2) is 61.0 Å². The first-order chi connectivity index (χ1) is 13.3. The fourth-order valence-electron chi connectivity index (χ4n) is 2.88. The van der Waals surface area contributed by atoms with Crippen molar-refractivity contribution >= 4 is 0 Å². The van der Waals surface area contributed by atoms with Gasteiger partial charge in [-0.15, -0.1) is 0 Å². The summed E-state index contributed by atoms with van der Waals surface area (Å²) in [6.07, 6.45) is -2.86. The number of pyridine rings is 1. The maximum atomic E-state index is 12.2. The summed E-state index contributed by atoms with van der Waals surface area (Å²) in [6.45, 7) is -0.642. The predicted molar refractivity (Wildman–Crippen MR) is 93.9 cm³/mol. The zero-order chi connectivity index (χ0) is 20.4. The van der Waals surface area contributed by atoms with E-state index in [0.717, 1.165) is 10.8 Å². The van der Waals surface area contributed by atoms with Crippen LogP contribution in [0.1, 0.15) is 17.4 Å². The summed E-state index contributed by atoms with van der Waals surface area (Å²) >= 11 is 0. The topological polar surface area (TPSA) is 149 Å². The number of H-pyrrole nitrogens is 1. The second kappa shape index (κ2) is 9.61. The number of aryl methyl sites for hydroxylation is 1. The van der Waals surface area contributed by atoms with Gasteiger partial charge < -0.3 is 49.1 Å². The van der Waals surface area contributed by atoms with Crippen molar-refractivity contribution in [2.24, 2.45) is 7.05 Å². The molecule has 1 fully saturated rings. The van der Waals surface area contributed by atoms with Crippen molar-refractivity contribution in [1.82, 2.24) is 9.55 Å². The molecule has 3 heterocycles. The lowest BCUT2D eigenvalue weighted by atomic mass is 9.98. The van der Waals surface area contributed by atoms with E-state index in [0.29, 0.717) is 5.56 Å². The van der Waals surface area contributed by atoms with Crippen LogP contribution in [0.15, 0.2) is 40.3 Å². The van der Waals surface area contributed by atoms with Crippen molar-refractivity contribution in [3.8, 4) is 11.8 Å². The van der Waals surface area contributed by atoms with E-state index in [1.165, 1.54) is 0 Å². The quantitative estimate of drug-likeness (QED) is 0.151. The molecule has 0 unspecified atom stereocenters. The second-order valence-corrected chi connectivity index (χ2v) is 6.44. The Bertz CT molecular complexity index is 1040. The average Bonchev–Trinajstić information content (AvgIpc) is 2.66. The number of hydrogen-bond donors (Lipinski definition) is 5. The van der Waals surface area contributed by atoms with Crippen molar-refractivity contribution in [1.29, 1.82) is 0 Å². The van der Waals surface area contributed by atoms with Crippen LogP contribution in [-0.2, 0) is 11.8 Å². The van der Waals surface area contributed by atoms with Crippen molar-refractivity contribution in [3.63, 3.8) is 0 Å². The molecule has 29 heavy (non-hydrogen) atoms. The SMILES string of the molecule is C[n+]1cccc(C#Cc2cn([C@@H]3O[C@H](CO)[C@@H](O)[C@H](O)[C@H]3O)c(=O)[nH]c2=O)c1.[I-]. The Morgan fingerprint density at radius 3 is 2.59 bits per heavy atom. The Morgan fingerprint density at radius 1 is 1.21 bits per heavy atom. The molecule has 3 rings (SSSR count). The highest BCUT2D eigenvalue weighted by Gasteiger charge is 2.44. The Labute approximate surface area is 182 Å². The second-order valence-electron chi connectivity index (χ2n) is 6.44. The van der Waals surface area contributed by atoms with Crippen LogP contribution in [0.2, 0.25) is 0 Å². The van der Waals surface area contributed by atoms with Crippen LogP contribution in [0.25, 0.3) is 0 Å². The number of halogens is 1. The van der Waals surface area contributed by atoms with Gasteiger partial charge >= 0.3 is 5.69 Å². The van der Waals surface area contributed by atoms with Crippen molar-refractivity contribution in [2.75, 3.05) is 6.61 Å². The Morgan fingerprint density at radius 2 is 1.93 bits per heavy atom. The van der Waals surface area contributed by atoms with Gasteiger partial charge in [-0.1, -0.05) is 11.8 Å². The first kappa shape index (κ1) is 23.2. The minimum atomic E-state index is -1.67. The van der Waals surface area contributed by atoms with Crippen molar-refractivity contribution in [3.05, 3.63) is 62.7 Å². The molecule has 1 saturated heterocycles. The van der Waals surface area contributed by atoms with Crippen LogP contribution in [0.5, 0.6) is 0 Å². The number of aromatic amines is 1. The number of ether oxygens (including phenoxy) is 1. The molecule has 1 aliphatic rings. The van der Waals surface area contributed by atoms with Gasteiger partial charge in [0, 0.05) is 12.3 Å². The zero-order valence-electron chi connectivity index (χ0n) is 15.3. The fourth-order valence-corrected chi connectivity index (χ4v) is 2.88. The van der Waals surface area contributed by atoms with Gasteiger partial charge in [0.05, 0.1) is 12.2 Å². The highest BCUT2D eigenvalue weighted by atomic mass is 127. The Kier molecular flexibility index (Phi) is 7.69. The Hall–Kier alpha value is -2.08. The molecule has 2 aromatic rings. The lowest BCUT2D eigenvalue weighted by Crippen LogP contribution is -3.00. The third kappa shape index (κ3) is 4.92. The van der Waals surface area contributed by atoms with Gasteiger partial charge in [-0.05, 0) is 6.07 Å². The number of nitrogens with one attached hydrogen (secondary N) is 1. The number of nitrogens with zero attached hydrogens (tertiary/aromatic N) is 2. The van der Waals surface area contributed by atoms with E-state index in [1.807, 2.05) is 13.2 Å². The molecule has 10 nitrogen and oxygen atoms in total. The van der Waals surface area contributed by atoms with Gasteiger partial charge in [-0.3, -0.25) is 14.3 Å². The average molecular weight is 517 g/mol. The molecule has 1 aliphatic heterocycles. The highest BCUT2D eigenvalue weighted by molar-refractivity contribution is 5.39. The number of rotatable bonds is 2. The fraction of sp³-hybridized carbons (Fsp3) is 0.389. The molecule has 5 atom stereocenters. The largest absolute Gasteiger partial charge is 1.00 e. The molecule has 156 valence electrons. The molecule has 11 heteroatoms. The van der Waals surface area contributed by atoms with E-state index in [-0.39, 0.29) is 29.5 Å². The minimum absolute atomic E-state index is 0. The first-order valence-corrected chi connectivity index (χ1v) is 8.45. The number of aromatic nitrogens is 3. The summed E-state index contributed by atoms with van der Waals surface area (Å²) in [5.74, 6) is 5.46. The van der Waals surface area contributed by atoms with Gasteiger partial charge in [-0.2, -0.15) is 0 Å². The van der Waals surface area contributed by atoms with Crippen molar-refractivity contribution < 1.29 is 53.7 Å². The Balaban J connectivity index is 0.00000300. The highest BCUT2D eigenvalue weighted by Crippen LogP contribution is 2.27. The number of aliphatic hydroxyl groups excluding tert-OH is 4. The predicted octanol–water partition coefficient (Wildman–Crippen LogP) is -6.26. The summed E-state index contributed by atoms with van der Waals surface area (Å²) in [7, 11) is 1.82. The minimum Gasteiger partial charge on any atom is -1.00 e. The molecular formula is C18H20IN3O7.